The molecule has 0 amide bonds. The summed E-state index contributed by atoms with van der Waals surface area (Å²) in [7, 11) is 0. The largest absolute Gasteiger partial charge is 0.489 e. The van der Waals surface area contributed by atoms with Crippen LogP contribution in [-0.4, -0.2) is 24.9 Å². The Bertz CT molecular complexity index is 359. The van der Waals surface area contributed by atoms with Gasteiger partial charge < -0.3 is 10.1 Å². The summed E-state index contributed by atoms with van der Waals surface area (Å²) in [6.07, 6.45) is 5.00. The lowest BCUT2D eigenvalue weighted by molar-refractivity contribution is 0.148. The van der Waals surface area contributed by atoms with E-state index in [-0.39, 0.29) is 6.10 Å². The SMILES string of the molecule is CSc1ccc(OC(CNC2CC2)C(C)C)cc1. The topological polar surface area (TPSA) is 21.3 Å². The number of ether oxygens (including phenoxy) is 1. The maximum atomic E-state index is 6.08. The van der Waals surface area contributed by atoms with Crippen molar-refractivity contribution in [2.24, 2.45) is 5.92 Å². The van der Waals surface area contributed by atoms with E-state index in [0.29, 0.717) is 5.92 Å². The fourth-order valence-corrected chi connectivity index (χ4v) is 2.22. The molecule has 0 radical (unpaired) electrons. The van der Waals surface area contributed by atoms with E-state index in [4.69, 9.17) is 4.74 Å². The standard InChI is InChI=1S/C15H23NOS/c1-11(2)15(10-16-12-4-5-12)17-13-6-8-14(18-3)9-7-13/h6-9,11-12,15-16H,4-5,10H2,1-3H3. The summed E-state index contributed by atoms with van der Waals surface area (Å²) in [5.74, 6) is 1.50. The van der Waals surface area contributed by atoms with Crippen LogP contribution in [0.3, 0.4) is 0 Å². The number of nitrogens with one attached hydrogen (secondary N) is 1. The van der Waals surface area contributed by atoms with Gasteiger partial charge in [-0.05, 0) is 49.3 Å². The van der Waals surface area contributed by atoms with E-state index >= 15 is 0 Å². The molecule has 1 fully saturated rings. The van der Waals surface area contributed by atoms with Gasteiger partial charge in [0.05, 0.1) is 0 Å². The Balaban J connectivity index is 1.89. The fraction of sp³-hybridized carbons (Fsp3) is 0.600. The van der Waals surface area contributed by atoms with Crippen molar-refractivity contribution in [3.63, 3.8) is 0 Å². The first-order valence-corrected chi connectivity index (χ1v) is 7.95. The van der Waals surface area contributed by atoms with Crippen LogP contribution in [0.15, 0.2) is 29.2 Å². The van der Waals surface area contributed by atoms with Crippen molar-refractivity contribution >= 4 is 11.8 Å². The van der Waals surface area contributed by atoms with Crippen molar-refractivity contribution in [1.82, 2.24) is 5.32 Å². The predicted octanol–water partition coefficient (Wildman–Crippen LogP) is 3.56. The molecule has 1 unspecified atom stereocenters. The van der Waals surface area contributed by atoms with E-state index in [2.05, 4.69) is 49.7 Å². The highest BCUT2D eigenvalue weighted by molar-refractivity contribution is 7.98. The lowest BCUT2D eigenvalue weighted by Crippen LogP contribution is -2.36. The van der Waals surface area contributed by atoms with Crippen LogP contribution in [0.25, 0.3) is 0 Å². The molecule has 3 heteroatoms. The van der Waals surface area contributed by atoms with E-state index in [1.54, 1.807) is 11.8 Å². The predicted molar refractivity (Wildman–Crippen MR) is 78.5 cm³/mol. The van der Waals surface area contributed by atoms with Gasteiger partial charge in [0.2, 0.25) is 0 Å². The first-order valence-electron chi connectivity index (χ1n) is 6.73. The minimum Gasteiger partial charge on any atom is -0.489 e. The lowest BCUT2D eigenvalue weighted by atomic mass is 10.1. The summed E-state index contributed by atoms with van der Waals surface area (Å²) >= 11 is 1.76. The Kier molecular flexibility index (Phi) is 4.95. The van der Waals surface area contributed by atoms with Crippen molar-refractivity contribution in [2.75, 3.05) is 12.8 Å². The Morgan fingerprint density at radius 3 is 2.44 bits per heavy atom. The molecule has 0 aliphatic heterocycles. The molecular weight excluding hydrogens is 242 g/mol. The molecule has 0 heterocycles. The van der Waals surface area contributed by atoms with Crippen molar-refractivity contribution in [3.05, 3.63) is 24.3 Å². The minimum atomic E-state index is 0.255. The summed E-state index contributed by atoms with van der Waals surface area (Å²) in [4.78, 5) is 1.28. The molecule has 0 spiro atoms. The number of benzene rings is 1. The number of hydrogen-bond acceptors (Lipinski definition) is 3. The molecule has 18 heavy (non-hydrogen) atoms. The van der Waals surface area contributed by atoms with Crippen LogP contribution in [0.4, 0.5) is 0 Å². The van der Waals surface area contributed by atoms with Crippen molar-refractivity contribution in [1.29, 1.82) is 0 Å². The molecule has 1 aromatic carbocycles. The summed E-state index contributed by atoms with van der Waals surface area (Å²) in [5.41, 5.74) is 0. The van der Waals surface area contributed by atoms with E-state index < -0.39 is 0 Å². The highest BCUT2D eigenvalue weighted by Crippen LogP contribution is 2.22. The van der Waals surface area contributed by atoms with Crippen molar-refractivity contribution < 1.29 is 4.74 Å². The molecule has 0 aromatic heterocycles. The molecule has 1 aromatic rings. The summed E-state index contributed by atoms with van der Waals surface area (Å²) < 4.78 is 6.08. The van der Waals surface area contributed by atoms with Crippen LogP contribution in [0.1, 0.15) is 26.7 Å². The van der Waals surface area contributed by atoms with Crippen LogP contribution in [0.2, 0.25) is 0 Å². The van der Waals surface area contributed by atoms with Gasteiger partial charge in [0.15, 0.2) is 0 Å². The second-order valence-corrected chi connectivity index (χ2v) is 6.14. The van der Waals surface area contributed by atoms with Gasteiger partial charge in [-0.25, -0.2) is 0 Å². The molecule has 1 atom stereocenters. The quantitative estimate of drug-likeness (QED) is 0.762. The molecule has 1 saturated carbocycles. The van der Waals surface area contributed by atoms with Gasteiger partial charge in [-0.15, -0.1) is 11.8 Å². The highest BCUT2D eigenvalue weighted by atomic mass is 32.2. The average molecular weight is 265 g/mol. The normalized spacial score (nSPS) is 16.9. The summed E-state index contributed by atoms with van der Waals surface area (Å²) in [6.45, 7) is 5.39. The van der Waals surface area contributed by atoms with Gasteiger partial charge in [0, 0.05) is 17.5 Å². The Hall–Kier alpha value is -0.670. The highest BCUT2D eigenvalue weighted by Gasteiger charge is 2.23. The van der Waals surface area contributed by atoms with E-state index in [1.807, 2.05) is 0 Å². The van der Waals surface area contributed by atoms with Crippen LogP contribution in [0.5, 0.6) is 5.75 Å². The zero-order chi connectivity index (χ0) is 13.0. The number of hydrogen-bond donors (Lipinski definition) is 1. The molecular formula is C15H23NOS. The molecule has 2 rings (SSSR count). The first kappa shape index (κ1) is 13.8. The number of thioether (sulfide) groups is 1. The third kappa shape index (κ3) is 4.21. The Morgan fingerprint density at radius 2 is 1.94 bits per heavy atom. The van der Waals surface area contributed by atoms with Gasteiger partial charge in [-0.1, -0.05) is 13.8 Å². The molecule has 1 aliphatic rings. The Morgan fingerprint density at radius 1 is 1.28 bits per heavy atom. The fourth-order valence-electron chi connectivity index (χ4n) is 1.81. The van der Waals surface area contributed by atoms with E-state index in [0.717, 1.165) is 18.3 Å². The summed E-state index contributed by atoms with van der Waals surface area (Å²) in [6, 6.07) is 9.11. The average Bonchev–Trinajstić information content (AvgIpc) is 3.19. The van der Waals surface area contributed by atoms with Gasteiger partial charge in [0.25, 0.3) is 0 Å². The maximum absolute atomic E-state index is 6.08. The maximum Gasteiger partial charge on any atom is 0.119 e. The smallest absolute Gasteiger partial charge is 0.119 e. The molecule has 2 nitrogen and oxygen atoms in total. The van der Waals surface area contributed by atoms with Gasteiger partial charge >= 0.3 is 0 Å². The number of rotatable bonds is 7. The van der Waals surface area contributed by atoms with Crippen LogP contribution in [0, 0.1) is 5.92 Å². The second kappa shape index (κ2) is 6.48. The van der Waals surface area contributed by atoms with Gasteiger partial charge in [-0.3, -0.25) is 0 Å². The van der Waals surface area contributed by atoms with Crippen molar-refractivity contribution in [3.8, 4) is 5.75 Å². The summed E-state index contributed by atoms with van der Waals surface area (Å²) in [5, 5.41) is 3.55. The third-order valence-corrected chi connectivity index (χ3v) is 4.02. The zero-order valence-electron chi connectivity index (χ0n) is 11.5. The first-order chi connectivity index (χ1) is 8.69. The molecule has 0 bridgehead atoms. The third-order valence-electron chi connectivity index (χ3n) is 3.28. The Labute approximate surface area is 114 Å². The van der Waals surface area contributed by atoms with Gasteiger partial charge in [-0.2, -0.15) is 0 Å². The van der Waals surface area contributed by atoms with Crippen LogP contribution >= 0.6 is 11.8 Å². The second-order valence-electron chi connectivity index (χ2n) is 5.26. The van der Waals surface area contributed by atoms with Gasteiger partial charge in [0.1, 0.15) is 11.9 Å². The molecule has 0 saturated heterocycles. The van der Waals surface area contributed by atoms with Crippen molar-refractivity contribution in [2.45, 2.75) is 43.7 Å². The minimum absolute atomic E-state index is 0.255. The van der Waals surface area contributed by atoms with E-state index in [1.165, 1.54) is 17.7 Å². The van der Waals surface area contributed by atoms with E-state index in [9.17, 15) is 0 Å². The molecule has 100 valence electrons. The lowest BCUT2D eigenvalue weighted by Gasteiger charge is -2.23. The molecule has 1 aliphatic carbocycles. The zero-order valence-corrected chi connectivity index (χ0v) is 12.3. The monoisotopic (exact) mass is 265 g/mol. The van der Waals surface area contributed by atoms with Crippen LogP contribution in [-0.2, 0) is 0 Å². The van der Waals surface area contributed by atoms with Crippen LogP contribution < -0.4 is 10.1 Å². The molecule has 1 N–H and O–H groups in total.